The molecule has 2 aliphatic carbocycles. The van der Waals surface area contributed by atoms with Crippen LogP contribution in [0.25, 0.3) is 0 Å². The van der Waals surface area contributed by atoms with Gasteiger partial charge in [-0.3, -0.25) is 0 Å². The average molecular weight is 388 g/mol. The molecule has 4 N–H and O–H groups in total. The van der Waals surface area contributed by atoms with Gasteiger partial charge in [-0.2, -0.15) is 5.26 Å². The highest BCUT2D eigenvalue weighted by Crippen LogP contribution is 2.38. The van der Waals surface area contributed by atoms with Crippen molar-refractivity contribution >= 4 is 21.6 Å². The first-order valence-corrected chi connectivity index (χ1v) is 10.7. The molecule has 2 aliphatic rings. The quantitative estimate of drug-likeness (QED) is 0.688. The van der Waals surface area contributed by atoms with Crippen molar-refractivity contribution in [3.8, 4) is 6.19 Å². The number of hydrogen-bond acceptors (Lipinski definition) is 5. The fourth-order valence-electron chi connectivity index (χ4n) is 3.65. The summed E-state index contributed by atoms with van der Waals surface area (Å²) in [4.78, 5) is 12.6. The lowest BCUT2D eigenvalue weighted by molar-refractivity contribution is 0.257. The number of aryl methyl sites for hydroxylation is 2. The van der Waals surface area contributed by atoms with Gasteiger partial charge in [0.25, 0.3) is 0 Å². The molecule has 0 heterocycles. The number of rotatable bonds is 4. The number of nitrogens with zero attached hydrogens (tertiary/aromatic N) is 2. The molecular weight excluding hydrogens is 362 g/mol. The smallest absolute Gasteiger partial charge is 0.322 e. The van der Waals surface area contributed by atoms with Crippen LogP contribution >= 0.6 is 0 Å². The highest BCUT2D eigenvalue weighted by Gasteiger charge is 2.25. The number of carbonyl (C=O) groups excluding carboxylic acids is 1. The Bertz CT molecular complexity index is 928. The Balaban J connectivity index is 1.86. The molecule has 1 unspecified atom stereocenters. The van der Waals surface area contributed by atoms with E-state index in [1.807, 2.05) is 0 Å². The van der Waals surface area contributed by atoms with Crippen LogP contribution < -0.4 is 15.8 Å². The van der Waals surface area contributed by atoms with Gasteiger partial charge in [-0.25, -0.2) is 13.7 Å². The summed E-state index contributed by atoms with van der Waals surface area (Å²) in [6.45, 7) is 3.43. The molecule has 0 fully saturated rings. The van der Waals surface area contributed by atoms with Crippen molar-refractivity contribution in [1.29, 1.82) is 5.26 Å². The molecular formula is C19H25N5O2S. The number of nitriles is 1. The topological polar surface area (TPSA) is 120 Å². The molecule has 0 saturated carbocycles. The predicted molar refractivity (Wildman–Crippen MR) is 106 cm³/mol. The minimum Gasteiger partial charge on any atom is -0.322 e. The fourth-order valence-corrected chi connectivity index (χ4v) is 4.80. The van der Waals surface area contributed by atoms with E-state index in [9.17, 15) is 9.00 Å². The summed E-state index contributed by atoms with van der Waals surface area (Å²) in [5.74, 6) is 0. The third kappa shape index (κ3) is 4.49. The Kier molecular flexibility index (Phi) is 5.27. The van der Waals surface area contributed by atoms with Crippen molar-refractivity contribution < 1.29 is 9.00 Å². The molecule has 3 rings (SSSR count). The molecule has 27 heavy (non-hydrogen) atoms. The van der Waals surface area contributed by atoms with Crippen LogP contribution in [0.1, 0.15) is 48.9 Å². The monoisotopic (exact) mass is 387 g/mol. The zero-order valence-electron chi connectivity index (χ0n) is 15.7. The lowest BCUT2D eigenvalue weighted by Crippen LogP contribution is -2.35. The number of fused-ring (bicyclic) bond motifs is 2. The third-order valence-corrected chi connectivity index (χ3v) is 6.14. The highest BCUT2D eigenvalue weighted by molar-refractivity contribution is 7.95. The summed E-state index contributed by atoms with van der Waals surface area (Å²) in [7, 11) is -3.38. The summed E-state index contributed by atoms with van der Waals surface area (Å²) >= 11 is 0. The van der Waals surface area contributed by atoms with Crippen LogP contribution in [0.15, 0.2) is 21.9 Å². The lowest BCUT2D eigenvalue weighted by atomic mass is 9.99. The molecule has 0 spiro atoms. The zero-order valence-corrected chi connectivity index (χ0v) is 16.5. The van der Waals surface area contributed by atoms with Crippen molar-refractivity contribution in [2.45, 2.75) is 57.9 Å². The van der Waals surface area contributed by atoms with Crippen LogP contribution in [0.5, 0.6) is 0 Å². The normalized spacial score (nSPS) is 17.7. The fraction of sp³-hybridized carbons (Fsp3) is 0.474. The summed E-state index contributed by atoms with van der Waals surface area (Å²) in [6, 6.07) is 1.64. The second kappa shape index (κ2) is 7.33. The standard InChI is InChI=1S/C19H25N5O2S/c1-19(2,21)9-10-27(26,22-12-20)24-18(25)23-17-15-7-3-5-13(15)11-14-6-4-8-16(14)17/h9-11H,3-8,21H2,1-2H3,(H2,22,23,24,25,26)/b10-9+. The summed E-state index contributed by atoms with van der Waals surface area (Å²) in [6.07, 6.45) is 9.02. The van der Waals surface area contributed by atoms with Gasteiger partial charge in [0.2, 0.25) is 6.19 Å². The van der Waals surface area contributed by atoms with Crippen LogP contribution in [0.4, 0.5) is 10.5 Å². The van der Waals surface area contributed by atoms with E-state index in [-0.39, 0.29) is 0 Å². The summed E-state index contributed by atoms with van der Waals surface area (Å²) in [5, 5.41) is 12.9. The molecule has 0 radical (unpaired) electrons. The number of nitrogens with two attached hydrogens (primary N) is 1. The van der Waals surface area contributed by atoms with E-state index in [0.717, 1.165) is 44.2 Å². The minimum absolute atomic E-state index is 0.632. The van der Waals surface area contributed by atoms with E-state index >= 15 is 0 Å². The molecule has 1 aromatic rings. The predicted octanol–water partition coefficient (Wildman–Crippen LogP) is 2.90. The molecule has 144 valence electrons. The van der Waals surface area contributed by atoms with Crippen molar-refractivity contribution in [2.24, 2.45) is 10.1 Å². The number of nitrogens with one attached hydrogen (secondary N) is 2. The Labute approximate surface area is 160 Å². The number of amides is 2. The Morgan fingerprint density at radius 1 is 1.26 bits per heavy atom. The van der Waals surface area contributed by atoms with E-state index in [2.05, 4.69) is 20.5 Å². The van der Waals surface area contributed by atoms with E-state index in [1.165, 1.54) is 39.9 Å². The second-order valence-electron chi connectivity index (χ2n) is 7.67. The van der Waals surface area contributed by atoms with Gasteiger partial charge in [0, 0.05) is 16.6 Å². The SMILES string of the molecule is CC(C)(N)/C=C/S(=O)(=NC#N)NC(=O)Nc1c2c(cc3c1CCC3)CCC2. The third-order valence-electron chi connectivity index (χ3n) is 4.81. The molecule has 0 bridgehead atoms. The maximum atomic E-state index is 12.8. The highest BCUT2D eigenvalue weighted by atomic mass is 32.2. The van der Waals surface area contributed by atoms with Crippen LogP contribution in [0.3, 0.4) is 0 Å². The molecule has 2 amide bonds. The van der Waals surface area contributed by atoms with Gasteiger partial charge < -0.3 is 11.1 Å². The molecule has 1 aromatic carbocycles. The van der Waals surface area contributed by atoms with Gasteiger partial charge >= 0.3 is 6.03 Å². The molecule has 8 heteroatoms. The first-order chi connectivity index (χ1) is 12.7. The Hall–Kier alpha value is -2.37. The van der Waals surface area contributed by atoms with Crippen LogP contribution in [0, 0.1) is 11.5 Å². The Morgan fingerprint density at radius 3 is 2.37 bits per heavy atom. The van der Waals surface area contributed by atoms with Crippen molar-refractivity contribution in [1.82, 2.24) is 4.72 Å². The maximum absolute atomic E-state index is 12.8. The van der Waals surface area contributed by atoms with E-state index in [4.69, 9.17) is 11.0 Å². The maximum Gasteiger partial charge on any atom is 0.331 e. The van der Waals surface area contributed by atoms with Gasteiger partial charge in [-0.15, -0.1) is 0 Å². The van der Waals surface area contributed by atoms with Crippen molar-refractivity contribution in [2.75, 3.05) is 5.32 Å². The lowest BCUT2D eigenvalue weighted by Gasteiger charge is -2.17. The van der Waals surface area contributed by atoms with Gasteiger partial charge in [0.15, 0.2) is 9.92 Å². The number of benzene rings is 1. The van der Waals surface area contributed by atoms with E-state index in [0.29, 0.717) is 0 Å². The van der Waals surface area contributed by atoms with Crippen molar-refractivity contribution in [3.63, 3.8) is 0 Å². The largest absolute Gasteiger partial charge is 0.331 e. The number of carbonyl (C=O) groups is 1. The van der Waals surface area contributed by atoms with E-state index in [1.54, 1.807) is 13.8 Å². The van der Waals surface area contributed by atoms with Crippen molar-refractivity contribution in [3.05, 3.63) is 39.8 Å². The molecule has 7 nitrogen and oxygen atoms in total. The number of urea groups is 1. The first kappa shape index (κ1) is 19.4. The average Bonchev–Trinajstić information content (AvgIpc) is 3.21. The van der Waals surface area contributed by atoms with Gasteiger partial charge in [0.1, 0.15) is 0 Å². The van der Waals surface area contributed by atoms with Crippen LogP contribution in [-0.2, 0) is 35.6 Å². The second-order valence-corrected chi connectivity index (χ2v) is 9.47. The Morgan fingerprint density at radius 2 is 1.85 bits per heavy atom. The van der Waals surface area contributed by atoms with E-state index < -0.39 is 21.5 Å². The molecule has 0 aliphatic heterocycles. The van der Waals surface area contributed by atoms with Crippen LogP contribution in [-0.4, -0.2) is 15.8 Å². The van der Waals surface area contributed by atoms with Crippen LogP contribution in [0.2, 0.25) is 0 Å². The summed E-state index contributed by atoms with van der Waals surface area (Å²) < 4.78 is 18.5. The van der Waals surface area contributed by atoms with Gasteiger partial charge in [-0.05, 0) is 74.6 Å². The molecule has 1 atom stereocenters. The minimum atomic E-state index is -3.38. The number of anilines is 1. The summed E-state index contributed by atoms with van der Waals surface area (Å²) in [5.41, 5.74) is 10.9. The molecule has 0 aromatic heterocycles. The first-order valence-electron chi connectivity index (χ1n) is 9.09. The molecule has 0 saturated heterocycles. The van der Waals surface area contributed by atoms with Gasteiger partial charge in [-0.1, -0.05) is 16.5 Å². The number of hydrogen-bond donors (Lipinski definition) is 3. The zero-order chi connectivity index (χ0) is 19.7. The van der Waals surface area contributed by atoms with Gasteiger partial charge in [0.05, 0.1) is 0 Å².